The number of pyridine rings is 1. The Morgan fingerprint density at radius 2 is 2.08 bits per heavy atom. The molecule has 0 aliphatic heterocycles. The zero-order valence-electron chi connectivity index (χ0n) is 7.94. The molecule has 1 heterocycles. The second-order valence-electron chi connectivity index (χ2n) is 3.88. The van der Waals surface area contributed by atoms with Crippen LogP contribution in [0.2, 0.25) is 19.6 Å². The summed E-state index contributed by atoms with van der Waals surface area (Å²) in [4.78, 5) is 14.4. The van der Waals surface area contributed by atoms with Gasteiger partial charge in [-0.1, -0.05) is 19.6 Å². The average Bonchev–Trinajstić information content (AvgIpc) is 2.03. The van der Waals surface area contributed by atoms with Crippen LogP contribution >= 0.6 is 0 Å². The van der Waals surface area contributed by atoms with Crippen LogP contribution in [0.1, 0.15) is 0 Å². The van der Waals surface area contributed by atoms with E-state index in [2.05, 4.69) is 4.98 Å². The molecular formula is C8H12N2O2Si. The van der Waals surface area contributed by atoms with Crippen LogP contribution < -0.4 is 5.32 Å². The summed E-state index contributed by atoms with van der Waals surface area (Å²) in [6, 6.07) is 3.11. The summed E-state index contributed by atoms with van der Waals surface area (Å²) in [6.07, 6.45) is 1.61. The van der Waals surface area contributed by atoms with Crippen LogP contribution in [0.3, 0.4) is 0 Å². The van der Waals surface area contributed by atoms with E-state index in [9.17, 15) is 10.1 Å². The fourth-order valence-corrected chi connectivity index (χ4v) is 2.53. The molecule has 0 radical (unpaired) electrons. The molecule has 70 valence electrons. The minimum atomic E-state index is -1.69. The SMILES string of the molecule is C[Si](C)(C)c1ncccc1[N+](=O)[O-]. The van der Waals surface area contributed by atoms with E-state index < -0.39 is 8.07 Å². The third kappa shape index (κ3) is 2.12. The largest absolute Gasteiger partial charge is 0.286 e. The fraction of sp³-hybridized carbons (Fsp3) is 0.375. The highest BCUT2D eigenvalue weighted by Gasteiger charge is 2.27. The van der Waals surface area contributed by atoms with Crippen molar-refractivity contribution >= 4 is 19.1 Å². The molecule has 0 N–H and O–H groups in total. The lowest BCUT2D eigenvalue weighted by atomic mass is 10.4. The van der Waals surface area contributed by atoms with Crippen molar-refractivity contribution in [3.8, 4) is 0 Å². The standard InChI is InChI=1S/C8H12N2O2Si/c1-13(2,3)8-7(10(11)12)5-4-6-9-8/h4-6H,1-3H3. The lowest BCUT2D eigenvalue weighted by Crippen LogP contribution is -2.41. The van der Waals surface area contributed by atoms with Crippen molar-refractivity contribution in [1.29, 1.82) is 0 Å². The number of aromatic nitrogens is 1. The molecule has 0 aliphatic carbocycles. The van der Waals surface area contributed by atoms with Crippen molar-refractivity contribution in [1.82, 2.24) is 4.98 Å². The first-order chi connectivity index (χ1) is 5.93. The molecular weight excluding hydrogens is 184 g/mol. The Bertz CT molecular complexity index is 333. The van der Waals surface area contributed by atoms with E-state index in [1.807, 2.05) is 19.6 Å². The van der Waals surface area contributed by atoms with Gasteiger partial charge in [-0.25, -0.2) is 0 Å². The Balaban J connectivity index is 3.28. The van der Waals surface area contributed by atoms with Gasteiger partial charge in [-0.3, -0.25) is 15.1 Å². The van der Waals surface area contributed by atoms with Gasteiger partial charge >= 0.3 is 0 Å². The molecule has 0 bridgehead atoms. The van der Waals surface area contributed by atoms with Crippen LogP contribution in [0, 0.1) is 10.1 Å². The zero-order valence-corrected chi connectivity index (χ0v) is 8.94. The average molecular weight is 196 g/mol. The smallest absolute Gasteiger partial charge is 0.259 e. The lowest BCUT2D eigenvalue weighted by Gasteiger charge is -2.14. The van der Waals surface area contributed by atoms with Crippen LogP contribution in [0.4, 0.5) is 5.69 Å². The van der Waals surface area contributed by atoms with E-state index in [1.165, 1.54) is 6.07 Å². The summed E-state index contributed by atoms with van der Waals surface area (Å²) < 4.78 is 0. The van der Waals surface area contributed by atoms with Gasteiger partial charge in [0.15, 0.2) is 0 Å². The summed E-state index contributed by atoms with van der Waals surface area (Å²) in [5, 5.41) is 11.3. The highest BCUT2D eigenvalue weighted by molar-refractivity contribution is 6.88. The van der Waals surface area contributed by atoms with Gasteiger partial charge in [0.2, 0.25) is 0 Å². The maximum Gasteiger partial charge on any atom is 0.286 e. The summed E-state index contributed by atoms with van der Waals surface area (Å²) >= 11 is 0. The number of hydrogen-bond acceptors (Lipinski definition) is 3. The molecule has 0 saturated heterocycles. The molecule has 1 rings (SSSR count). The Morgan fingerprint density at radius 3 is 2.46 bits per heavy atom. The van der Waals surface area contributed by atoms with Crippen molar-refractivity contribution in [2.24, 2.45) is 0 Å². The van der Waals surface area contributed by atoms with Crippen LogP contribution in [0.25, 0.3) is 0 Å². The van der Waals surface area contributed by atoms with Gasteiger partial charge in [0.1, 0.15) is 8.07 Å². The van der Waals surface area contributed by atoms with Crippen molar-refractivity contribution in [2.75, 3.05) is 0 Å². The number of rotatable bonds is 2. The van der Waals surface area contributed by atoms with E-state index in [4.69, 9.17) is 0 Å². The highest BCUT2D eigenvalue weighted by atomic mass is 28.3. The van der Waals surface area contributed by atoms with Gasteiger partial charge in [0.25, 0.3) is 5.69 Å². The van der Waals surface area contributed by atoms with Crippen molar-refractivity contribution in [2.45, 2.75) is 19.6 Å². The molecule has 0 aromatic carbocycles. The predicted molar refractivity (Wildman–Crippen MR) is 53.9 cm³/mol. The monoisotopic (exact) mass is 196 g/mol. The minimum Gasteiger partial charge on any atom is -0.259 e. The van der Waals surface area contributed by atoms with Crippen LogP contribution in [0.5, 0.6) is 0 Å². The quantitative estimate of drug-likeness (QED) is 0.409. The molecule has 0 amide bonds. The molecule has 1 aromatic rings. The van der Waals surface area contributed by atoms with Crippen LogP contribution in [0.15, 0.2) is 18.3 Å². The molecule has 4 nitrogen and oxygen atoms in total. The van der Waals surface area contributed by atoms with Gasteiger partial charge < -0.3 is 0 Å². The normalized spacial score (nSPS) is 11.3. The second kappa shape index (κ2) is 3.25. The maximum atomic E-state index is 10.7. The Morgan fingerprint density at radius 1 is 1.46 bits per heavy atom. The van der Waals surface area contributed by atoms with Crippen molar-refractivity contribution in [3.05, 3.63) is 28.4 Å². The van der Waals surface area contributed by atoms with Crippen molar-refractivity contribution in [3.63, 3.8) is 0 Å². The van der Waals surface area contributed by atoms with Gasteiger partial charge in [-0.05, 0) is 6.07 Å². The third-order valence-corrected chi connectivity index (χ3v) is 3.50. The van der Waals surface area contributed by atoms with Gasteiger partial charge in [0, 0.05) is 12.3 Å². The topological polar surface area (TPSA) is 56.0 Å². The van der Waals surface area contributed by atoms with E-state index in [-0.39, 0.29) is 10.6 Å². The highest BCUT2D eigenvalue weighted by Crippen LogP contribution is 2.11. The van der Waals surface area contributed by atoms with E-state index >= 15 is 0 Å². The van der Waals surface area contributed by atoms with E-state index in [0.29, 0.717) is 5.32 Å². The van der Waals surface area contributed by atoms with Crippen molar-refractivity contribution < 1.29 is 4.92 Å². The third-order valence-electron chi connectivity index (χ3n) is 1.69. The first kappa shape index (κ1) is 9.85. The Hall–Kier alpha value is -1.23. The molecule has 0 spiro atoms. The second-order valence-corrected chi connectivity index (χ2v) is 8.85. The summed E-state index contributed by atoms with van der Waals surface area (Å²) in [5.41, 5.74) is 0.154. The molecule has 13 heavy (non-hydrogen) atoms. The molecule has 5 heteroatoms. The predicted octanol–water partition coefficient (Wildman–Crippen LogP) is 1.53. The van der Waals surface area contributed by atoms with E-state index in [0.717, 1.165) is 0 Å². The fourth-order valence-electron chi connectivity index (χ4n) is 1.12. The number of nitrogens with zero attached hydrogens (tertiary/aromatic N) is 2. The zero-order chi connectivity index (χ0) is 10.1. The Kier molecular flexibility index (Phi) is 2.47. The maximum absolute atomic E-state index is 10.7. The van der Waals surface area contributed by atoms with Crippen LogP contribution in [-0.4, -0.2) is 18.0 Å². The molecule has 0 atom stereocenters. The van der Waals surface area contributed by atoms with Gasteiger partial charge in [-0.2, -0.15) is 0 Å². The molecule has 0 unspecified atom stereocenters. The lowest BCUT2D eigenvalue weighted by molar-refractivity contribution is -0.383. The Labute approximate surface area is 77.8 Å². The molecule has 0 aliphatic rings. The summed E-state index contributed by atoms with van der Waals surface area (Å²) in [5.74, 6) is 0. The number of hydrogen-bond donors (Lipinski definition) is 0. The van der Waals surface area contributed by atoms with Gasteiger partial charge in [-0.15, -0.1) is 0 Å². The molecule has 0 saturated carbocycles. The summed E-state index contributed by atoms with van der Waals surface area (Å²) in [7, 11) is -1.69. The van der Waals surface area contributed by atoms with Crippen LogP contribution in [-0.2, 0) is 0 Å². The minimum absolute atomic E-state index is 0.154. The van der Waals surface area contributed by atoms with Gasteiger partial charge in [0.05, 0.1) is 10.2 Å². The molecule has 0 fully saturated rings. The summed E-state index contributed by atoms with van der Waals surface area (Å²) in [6.45, 7) is 6.13. The molecule has 1 aromatic heterocycles. The first-order valence-corrected chi connectivity index (χ1v) is 7.53. The first-order valence-electron chi connectivity index (χ1n) is 4.03. The van der Waals surface area contributed by atoms with E-state index in [1.54, 1.807) is 12.3 Å². The number of nitro groups is 1.